The van der Waals surface area contributed by atoms with Crippen molar-refractivity contribution in [3.05, 3.63) is 53.9 Å². The lowest BCUT2D eigenvalue weighted by atomic mass is 10.1. The minimum atomic E-state index is -0.202. The Morgan fingerprint density at radius 3 is 2.96 bits per heavy atom. The molecular weight excluding hydrogens is 322 g/mol. The minimum absolute atomic E-state index is 0.101. The number of aryl methyl sites for hydroxylation is 1. The van der Waals surface area contributed by atoms with Gasteiger partial charge in [0.1, 0.15) is 5.82 Å². The van der Waals surface area contributed by atoms with Crippen LogP contribution in [0.15, 0.2) is 47.1 Å². The van der Waals surface area contributed by atoms with Crippen LogP contribution in [0.2, 0.25) is 0 Å². The number of nitrogens with zero attached hydrogens (tertiary/aromatic N) is 2. The summed E-state index contributed by atoms with van der Waals surface area (Å²) in [7, 11) is 0. The molecule has 1 aliphatic heterocycles. The molecule has 1 N–H and O–H groups in total. The Labute approximate surface area is 143 Å². The van der Waals surface area contributed by atoms with Crippen molar-refractivity contribution in [1.82, 2.24) is 10.1 Å². The molecule has 2 aromatic heterocycles. The number of hydrogen-bond donors (Lipinski definition) is 1. The Kier molecular flexibility index (Phi) is 3.81. The highest BCUT2D eigenvalue weighted by atomic mass is 16.7. The van der Waals surface area contributed by atoms with Crippen molar-refractivity contribution in [2.45, 2.75) is 13.3 Å². The number of anilines is 1. The van der Waals surface area contributed by atoms with Crippen LogP contribution in [0.5, 0.6) is 11.5 Å². The van der Waals surface area contributed by atoms with Crippen LogP contribution in [-0.2, 0) is 11.2 Å². The largest absolute Gasteiger partial charge is 0.454 e. The summed E-state index contributed by atoms with van der Waals surface area (Å²) in [6.45, 7) is 2.10. The van der Waals surface area contributed by atoms with E-state index in [9.17, 15) is 4.79 Å². The molecular formula is C18H15N3O4. The third-order valence-electron chi connectivity index (χ3n) is 3.82. The summed E-state index contributed by atoms with van der Waals surface area (Å²) >= 11 is 0. The molecule has 4 rings (SSSR count). The van der Waals surface area contributed by atoms with Crippen LogP contribution >= 0.6 is 0 Å². The molecule has 0 fully saturated rings. The Morgan fingerprint density at radius 1 is 1.20 bits per heavy atom. The lowest BCUT2D eigenvalue weighted by Gasteiger charge is -2.05. The van der Waals surface area contributed by atoms with Crippen molar-refractivity contribution in [1.29, 1.82) is 0 Å². The van der Waals surface area contributed by atoms with E-state index in [2.05, 4.69) is 15.5 Å². The Bertz CT molecular complexity index is 936. The fourth-order valence-electron chi connectivity index (χ4n) is 2.54. The van der Waals surface area contributed by atoms with E-state index in [1.807, 2.05) is 37.3 Å². The Hall–Kier alpha value is -3.35. The first-order valence-electron chi connectivity index (χ1n) is 7.76. The molecule has 1 amide bonds. The van der Waals surface area contributed by atoms with Gasteiger partial charge in [0.05, 0.1) is 12.1 Å². The number of fused-ring (bicyclic) bond motifs is 1. The molecule has 0 spiro atoms. The first-order valence-corrected chi connectivity index (χ1v) is 7.76. The van der Waals surface area contributed by atoms with Crippen molar-refractivity contribution in [3.8, 4) is 22.8 Å². The van der Waals surface area contributed by atoms with Gasteiger partial charge in [0.2, 0.25) is 12.7 Å². The summed E-state index contributed by atoms with van der Waals surface area (Å²) in [5, 5.41) is 6.74. The number of nitrogens with one attached hydrogen (secondary N) is 1. The van der Waals surface area contributed by atoms with Crippen molar-refractivity contribution in [2.24, 2.45) is 0 Å². The van der Waals surface area contributed by atoms with E-state index in [0.29, 0.717) is 28.8 Å². The predicted octanol–water partition coefficient (Wildman–Crippen LogP) is 2.95. The van der Waals surface area contributed by atoms with Gasteiger partial charge >= 0.3 is 0 Å². The summed E-state index contributed by atoms with van der Waals surface area (Å²) in [5.74, 6) is 2.28. The lowest BCUT2D eigenvalue weighted by Crippen LogP contribution is -2.16. The van der Waals surface area contributed by atoms with Crippen LogP contribution < -0.4 is 14.8 Å². The summed E-state index contributed by atoms with van der Waals surface area (Å²) in [6.07, 6.45) is 1.74. The van der Waals surface area contributed by atoms with Gasteiger partial charge in [0.15, 0.2) is 17.3 Å². The second-order valence-corrected chi connectivity index (χ2v) is 5.64. The van der Waals surface area contributed by atoms with Crippen LogP contribution in [0.4, 0.5) is 5.82 Å². The molecule has 7 heteroatoms. The first-order chi connectivity index (χ1) is 12.2. The van der Waals surface area contributed by atoms with Crippen LogP contribution in [0, 0.1) is 6.92 Å². The van der Waals surface area contributed by atoms with E-state index < -0.39 is 0 Å². The van der Waals surface area contributed by atoms with Crippen LogP contribution in [-0.4, -0.2) is 22.8 Å². The van der Waals surface area contributed by atoms with Crippen molar-refractivity contribution >= 4 is 11.7 Å². The number of carbonyl (C=O) groups is 1. The molecule has 0 bridgehead atoms. The molecule has 3 heterocycles. The van der Waals surface area contributed by atoms with Gasteiger partial charge in [-0.05, 0) is 36.8 Å². The Balaban J connectivity index is 1.46. The van der Waals surface area contributed by atoms with E-state index in [4.69, 9.17) is 14.0 Å². The number of ether oxygens (including phenoxy) is 2. The summed E-state index contributed by atoms with van der Waals surface area (Å²) < 4.78 is 16.0. The molecule has 7 nitrogen and oxygen atoms in total. The predicted molar refractivity (Wildman–Crippen MR) is 89.4 cm³/mol. The molecule has 126 valence electrons. The monoisotopic (exact) mass is 337 g/mol. The molecule has 25 heavy (non-hydrogen) atoms. The maximum Gasteiger partial charge on any atom is 0.231 e. The van der Waals surface area contributed by atoms with Gasteiger partial charge in [-0.15, -0.1) is 0 Å². The average molecular weight is 337 g/mol. The quantitative estimate of drug-likeness (QED) is 0.788. The van der Waals surface area contributed by atoms with Crippen molar-refractivity contribution in [2.75, 3.05) is 12.1 Å². The zero-order valence-electron chi connectivity index (χ0n) is 13.5. The summed E-state index contributed by atoms with van der Waals surface area (Å²) in [6, 6.07) is 10.9. The number of carbonyl (C=O) groups excluding carboxylic acids is 1. The number of rotatable bonds is 4. The number of benzene rings is 1. The number of amides is 1. The maximum atomic E-state index is 12.2. The minimum Gasteiger partial charge on any atom is -0.454 e. The maximum absolute atomic E-state index is 12.2. The summed E-state index contributed by atoms with van der Waals surface area (Å²) in [4.78, 5) is 16.3. The summed E-state index contributed by atoms with van der Waals surface area (Å²) in [5.41, 5.74) is 2.25. The third kappa shape index (κ3) is 3.16. The standard InChI is InChI=1S/C18H15N3O4/c1-11-3-2-6-19-18(11)20-17(22)9-13-8-15(25-21-13)12-4-5-14-16(7-12)24-10-23-14/h2-8H,9-10H2,1H3,(H,19,20,22). The zero-order chi connectivity index (χ0) is 17.2. The molecule has 0 saturated heterocycles. The molecule has 0 unspecified atom stereocenters. The highest BCUT2D eigenvalue weighted by Crippen LogP contribution is 2.36. The highest BCUT2D eigenvalue weighted by molar-refractivity contribution is 5.91. The third-order valence-corrected chi connectivity index (χ3v) is 3.82. The fraction of sp³-hybridized carbons (Fsp3) is 0.167. The van der Waals surface area contributed by atoms with Gasteiger partial charge < -0.3 is 19.3 Å². The normalized spacial score (nSPS) is 12.2. The van der Waals surface area contributed by atoms with Gasteiger partial charge in [-0.25, -0.2) is 4.98 Å². The second kappa shape index (κ2) is 6.27. The van der Waals surface area contributed by atoms with Crippen LogP contribution in [0.25, 0.3) is 11.3 Å². The average Bonchev–Trinajstić information content (AvgIpc) is 3.25. The molecule has 0 saturated carbocycles. The van der Waals surface area contributed by atoms with Crippen molar-refractivity contribution < 1.29 is 18.8 Å². The van der Waals surface area contributed by atoms with E-state index in [0.717, 1.165) is 11.1 Å². The Morgan fingerprint density at radius 2 is 2.08 bits per heavy atom. The molecule has 0 atom stereocenters. The SMILES string of the molecule is Cc1cccnc1NC(=O)Cc1cc(-c2ccc3c(c2)OCO3)on1. The van der Waals surface area contributed by atoms with Crippen molar-refractivity contribution in [3.63, 3.8) is 0 Å². The van der Waals surface area contributed by atoms with Gasteiger partial charge in [0.25, 0.3) is 0 Å². The number of pyridine rings is 1. The molecule has 1 aromatic carbocycles. The van der Waals surface area contributed by atoms with Crippen LogP contribution in [0.1, 0.15) is 11.3 Å². The van der Waals surface area contributed by atoms with E-state index in [1.54, 1.807) is 12.3 Å². The molecule has 0 radical (unpaired) electrons. The molecule has 3 aromatic rings. The smallest absolute Gasteiger partial charge is 0.231 e. The van der Waals surface area contributed by atoms with Gasteiger partial charge in [-0.1, -0.05) is 11.2 Å². The van der Waals surface area contributed by atoms with Gasteiger partial charge in [-0.3, -0.25) is 4.79 Å². The zero-order valence-corrected chi connectivity index (χ0v) is 13.5. The highest BCUT2D eigenvalue weighted by Gasteiger charge is 2.17. The number of hydrogen-bond acceptors (Lipinski definition) is 6. The molecule has 0 aliphatic carbocycles. The molecule has 1 aliphatic rings. The first kappa shape index (κ1) is 15.2. The topological polar surface area (TPSA) is 86.5 Å². The number of aromatic nitrogens is 2. The van der Waals surface area contributed by atoms with Gasteiger partial charge in [0, 0.05) is 17.8 Å². The van der Waals surface area contributed by atoms with Crippen LogP contribution in [0.3, 0.4) is 0 Å². The lowest BCUT2D eigenvalue weighted by molar-refractivity contribution is -0.115. The fourth-order valence-corrected chi connectivity index (χ4v) is 2.54. The van der Waals surface area contributed by atoms with E-state index in [1.165, 1.54) is 0 Å². The van der Waals surface area contributed by atoms with E-state index >= 15 is 0 Å². The van der Waals surface area contributed by atoms with Gasteiger partial charge in [-0.2, -0.15) is 0 Å². The van der Waals surface area contributed by atoms with E-state index in [-0.39, 0.29) is 19.1 Å². The second-order valence-electron chi connectivity index (χ2n) is 5.64.